The van der Waals surface area contributed by atoms with Crippen LogP contribution in [0.3, 0.4) is 0 Å². The van der Waals surface area contributed by atoms with E-state index in [9.17, 15) is 9.90 Å². The van der Waals surface area contributed by atoms with Gasteiger partial charge in [-0.3, -0.25) is 4.79 Å². The Hall–Kier alpha value is -1.85. The van der Waals surface area contributed by atoms with Gasteiger partial charge < -0.3 is 20.9 Å². The molecule has 2 aromatic rings. The Balaban J connectivity index is 2.45. The molecule has 0 saturated carbocycles. The van der Waals surface area contributed by atoms with E-state index in [-0.39, 0.29) is 13.0 Å². The van der Waals surface area contributed by atoms with E-state index < -0.39 is 12.0 Å². The maximum absolute atomic E-state index is 11.4. The molecule has 1 radical (unpaired) electrons. The van der Waals surface area contributed by atoms with Crippen molar-refractivity contribution >= 4 is 16.8 Å². The molecule has 0 aliphatic rings. The molecule has 1 heterocycles. The second kappa shape index (κ2) is 5.20. The molecule has 0 fully saturated rings. The van der Waals surface area contributed by atoms with Gasteiger partial charge in [-0.1, -0.05) is 18.2 Å². The first-order chi connectivity index (χ1) is 8.63. The molecule has 5 nitrogen and oxygen atoms in total. The van der Waals surface area contributed by atoms with E-state index >= 15 is 0 Å². The second-order valence-electron chi connectivity index (χ2n) is 4.08. The van der Waals surface area contributed by atoms with Gasteiger partial charge in [-0.15, -0.1) is 0 Å². The number of H-pyrrole nitrogens is 1. The lowest BCUT2D eigenvalue weighted by molar-refractivity contribution is 0.0995. The van der Waals surface area contributed by atoms with Crippen LogP contribution in [0.25, 0.3) is 10.9 Å². The average molecular weight is 247 g/mol. The van der Waals surface area contributed by atoms with Crippen LogP contribution in [-0.4, -0.2) is 33.8 Å². The van der Waals surface area contributed by atoms with Crippen molar-refractivity contribution in [2.24, 2.45) is 5.73 Å². The summed E-state index contributed by atoms with van der Waals surface area (Å²) in [5.74, 6) is -0.558. The zero-order valence-electron chi connectivity index (χ0n) is 9.76. The molecule has 0 aliphatic heterocycles. The van der Waals surface area contributed by atoms with E-state index in [1.807, 2.05) is 24.3 Å². The number of hydrogen-bond donors (Lipinski definition) is 4. The maximum atomic E-state index is 11.4. The lowest BCUT2D eigenvalue weighted by Crippen LogP contribution is -2.18. The normalized spacial score (nSPS) is 12.8. The molecule has 1 aromatic heterocycles. The highest BCUT2D eigenvalue weighted by Gasteiger charge is 2.18. The molecule has 0 aliphatic carbocycles. The van der Waals surface area contributed by atoms with Crippen molar-refractivity contribution < 1.29 is 15.0 Å². The van der Waals surface area contributed by atoms with Gasteiger partial charge in [0.15, 0.2) is 0 Å². The first-order valence-corrected chi connectivity index (χ1v) is 5.65. The smallest absolute Gasteiger partial charge is 0.265 e. The number of hydrogen-bond acceptors (Lipinski definition) is 3. The van der Waals surface area contributed by atoms with Gasteiger partial charge >= 0.3 is 0 Å². The van der Waals surface area contributed by atoms with Crippen LogP contribution >= 0.6 is 0 Å². The Morgan fingerprint density at radius 3 is 2.83 bits per heavy atom. The van der Waals surface area contributed by atoms with Gasteiger partial charge in [-0.2, -0.15) is 0 Å². The predicted octanol–water partition coefficient (Wildman–Crippen LogP) is 0.367. The Morgan fingerprint density at radius 2 is 2.17 bits per heavy atom. The van der Waals surface area contributed by atoms with Crippen LogP contribution in [0.15, 0.2) is 24.3 Å². The number of amides is 1. The summed E-state index contributed by atoms with van der Waals surface area (Å²) in [5, 5.41) is 19.3. The molecule has 0 unspecified atom stereocenters. The highest BCUT2D eigenvalue weighted by atomic mass is 16.3. The molecule has 95 valence electrons. The Bertz CT molecular complexity index is 562. The van der Waals surface area contributed by atoms with Crippen molar-refractivity contribution in [3.05, 3.63) is 41.9 Å². The number of primary amides is 1. The molecule has 1 atom stereocenters. The van der Waals surface area contributed by atoms with Crippen molar-refractivity contribution in [1.82, 2.24) is 4.98 Å². The standard InChI is InChI=1S/C13H15N2O3/c14-13(18)12-10(7-8(17)5-6-16)9-3-1-2-4-11(9)15-12/h1-5,8,15-17H,6-7H2,(H2,14,18)/t8-/m1/s1. The Labute approximate surface area is 104 Å². The number of aromatic amines is 1. The number of fused-ring (bicyclic) bond motifs is 1. The topological polar surface area (TPSA) is 99.3 Å². The molecule has 1 aromatic carbocycles. The zero-order valence-corrected chi connectivity index (χ0v) is 9.76. The molecule has 1 amide bonds. The van der Waals surface area contributed by atoms with E-state index in [1.165, 1.54) is 6.42 Å². The number of para-hydroxylation sites is 1. The number of nitrogens with one attached hydrogen (secondary N) is 1. The lowest BCUT2D eigenvalue weighted by atomic mass is 10.0. The molecule has 0 saturated heterocycles. The summed E-state index contributed by atoms with van der Waals surface area (Å²) in [5.41, 5.74) is 7.10. The fourth-order valence-corrected chi connectivity index (χ4v) is 2.04. The molecular weight excluding hydrogens is 232 g/mol. The third-order valence-corrected chi connectivity index (χ3v) is 2.85. The SMILES string of the molecule is NC(=O)c1[nH]c2ccccc2c1C[C@H](O)[CH]CO. The highest BCUT2D eigenvalue weighted by Crippen LogP contribution is 2.23. The minimum Gasteiger partial charge on any atom is -0.396 e. The second-order valence-corrected chi connectivity index (χ2v) is 4.08. The van der Waals surface area contributed by atoms with E-state index in [4.69, 9.17) is 10.8 Å². The first-order valence-electron chi connectivity index (χ1n) is 5.65. The number of aliphatic hydroxyl groups excluding tert-OH is 2. The van der Waals surface area contributed by atoms with Gasteiger partial charge in [-0.25, -0.2) is 0 Å². The highest BCUT2D eigenvalue weighted by molar-refractivity contribution is 6.00. The van der Waals surface area contributed by atoms with Crippen molar-refractivity contribution in [2.45, 2.75) is 12.5 Å². The molecular formula is C13H15N2O3. The molecule has 5 N–H and O–H groups in total. The Kier molecular flexibility index (Phi) is 3.64. The quantitative estimate of drug-likeness (QED) is 0.614. The van der Waals surface area contributed by atoms with Crippen LogP contribution in [0.1, 0.15) is 16.1 Å². The van der Waals surface area contributed by atoms with Crippen molar-refractivity contribution in [3.8, 4) is 0 Å². The summed E-state index contributed by atoms with van der Waals surface area (Å²) in [6, 6.07) is 7.41. The van der Waals surface area contributed by atoms with E-state index in [2.05, 4.69) is 4.98 Å². The van der Waals surface area contributed by atoms with Gasteiger partial charge in [0.1, 0.15) is 5.69 Å². The fourth-order valence-electron chi connectivity index (χ4n) is 2.04. The van der Waals surface area contributed by atoms with Gasteiger partial charge in [0.25, 0.3) is 5.91 Å². The number of carbonyl (C=O) groups excluding carboxylic acids is 1. The van der Waals surface area contributed by atoms with Crippen LogP contribution in [0.5, 0.6) is 0 Å². The van der Waals surface area contributed by atoms with E-state index in [0.29, 0.717) is 11.3 Å². The predicted molar refractivity (Wildman–Crippen MR) is 67.9 cm³/mol. The monoisotopic (exact) mass is 247 g/mol. The minimum absolute atomic E-state index is 0.213. The lowest BCUT2D eigenvalue weighted by Gasteiger charge is -2.08. The molecule has 0 bridgehead atoms. The number of benzene rings is 1. The van der Waals surface area contributed by atoms with Gasteiger partial charge in [-0.05, 0) is 11.6 Å². The van der Waals surface area contributed by atoms with Crippen LogP contribution in [0.2, 0.25) is 0 Å². The van der Waals surface area contributed by atoms with Crippen molar-refractivity contribution in [3.63, 3.8) is 0 Å². The summed E-state index contributed by atoms with van der Waals surface area (Å²) < 4.78 is 0. The Morgan fingerprint density at radius 1 is 1.44 bits per heavy atom. The zero-order chi connectivity index (χ0) is 13.1. The number of rotatable bonds is 5. The number of nitrogens with two attached hydrogens (primary N) is 1. The largest absolute Gasteiger partial charge is 0.396 e. The van der Waals surface area contributed by atoms with Crippen LogP contribution in [0, 0.1) is 6.42 Å². The maximum Gasteiger partial charge on any atom is 0.265 e. The average Bonchev–Trinajstić information content (AvgIpc) is 2.69. The molecule has 2 rings (SSSR count). The first kappa shape index (κ1) is 12.6. The van der Waals surface area contributed by atoms with E-state index in [1.54, 1.807) is 0 Å². The van der Waals surface area contributed by atoms with Crippen molar-refractivity contribution in [1.29, 1.82) is 0 Å². The molecule has 5 heteroatoms. The fraction of sp³-hybridized carbons (Fsp3) is 0.231. The number of carbonyl (C=O) groups is 1. The third kappa shape index (κ3) is 2.37. The minimum atomic E-state index is -0.813. The summed E-state index contributed by atoms with van der Waals surface area (Å²) >= 11 is 0. The number of aliphatic hydroxyl groups is 2. The van der Waals surface area contributed by atoms with E-state index in [0.717, 1.165) is 10.9 Å². The van der Waals surface area contributed by atoms with Crippen molar-refractivity contribution in [2.75, 3.05) is 6.61 Å². The van der Waals surface area contributed by atoms with Gasteiger partial charge in [0.05, 0.1) is 6.10 Å². The summed E-state index contributed by atoms with van der Waals surface area (Å²) in [6.07, 6.45) is 0.794. The molecule has 0 spiro atoms. The number of aromatic nitrogens is 1. The molecule has 18 heavy (non-hydrogen) atoms. The summed E-state index contributed by atoms with van der Waals surface area (Å²) in [7, 11) is 0. The summed E-state index contributed by atoms with van der Waals surface area (Å²) in [4.78, 5) is 14.3. The van der Waals surface area contributed by atoms with Gasteiger partial charge in [0, 0.05) is 30.4 Å². The third-order valence-electron chi connectivity index (χ3n) is 2.85. The van der Waals surface area contributed by atoms with Crippen LogP contribution in [-0.2, 0) is 6.42 Å². The summed E-state index contributed by atoms with van der Waals surface area (Å²) in [6.45, 7) is -0.213. The van der Waals surface area contributed by atoms with Gasteiger partial charge in [0.2, 0.25) is 0 Å². The van der Waals surface area contributed by atoms with Crippen LogP contribution in [0.4, 0.5) is 0 Å². The van der Waals surface area contributed by atoms with Crippen LogP contribution < -0.4 is 5.73 Å².